The van der Waals surface area contributed by atoms with Gasteiger partial charge in [0.1, 0.15) is 0 Å². The minimum absolute atomic E-state index is 0.0290. The van der Waals surface area contributed by atoms with Crippen molar-refractivity contribution < 1.29 is 14.4 Å². The molecule has 5 heteroatoms. The minimum Gasteiger partial charge on any atom is -0.363 e. The first-order chi connectivity index (χ1) is 7.50. The SMILES string of the molecule is CN1C(=O)Cc2cc(C(=O)C(N)=O)ccc21. The summed E-state index contributed by atoms with van der Waals surface area (Å²) in [5, 5.41) is 0. The molecule has 2 rings (SSSR count). The number of anilines is 1. The van der Waals surface area contributed by atoms with E-state index in [1.165, 1.54) is 11.0 Å². The second-order valence-corrected chi connectivity index (χ2v) is 3.67. The highest BCUT2D eigenvalue weighted by atomic mass is 16.2. The number of ketones is 1. The van der Waals surface area contributed by atoms with Crippen LogP contribution >= 0.6 is 0 Å². The van der Waals surface area contributed by atoms with E-state index in [4.69, 9.17) is 5.73 Å². The number of hydrogen-bond acceptors (Lipinski definition) is 3. The Morgan fingerprint density at radius 3 is 2.69 bits per heavy atom. The molecule has 1 aliphatic heterocycles. The Morgan fingerprint density at radius 2 is 2.06 bits per heavy atom. The number of fused-ring (bicyclic) bond motifs is 1. The first-order valence-corrected chi connectivity index (χ1v) is 4.74. The van der Waals surface area contributed by atoms with Crippen LogP contribution in [0.2, 0.25) is 0 Å². The quantitative estimate of drug-likeness (QED) is 0.554. The summed E-state index contributed by atoms with van der Waals surface area (Å²) in [4.78, 5) is 35.0. The van der Waals surface area contributed by atoms with Gasteiger partial charge in [0.25, 0.3) is 5.91 Å². The van der Waals surface area contributed by atoms with E-state index in [0.29, 0.717) is 0 Å². The molecule has 0 aliphatic carbocycles. The Kier molecular flexibility index (Phi) is 2.23. The molecule has 1 aromatic carbocycles. The van der Waals surface area contributed by atoms with Crippen LogP contribution in [0.25, 0.3) is 0 Å². The summed E-state index contributed by atoms with van der Waals surface area (Å²) in [6.07, 6.45) is 0.256. The molecule has 82 valence electrons. The normalized spacial score (nSPS) is 13.8. The molecule has 5 nitrogen and oxygen atoms in total. The zero-order valence-corrected chi connectivity index (χ0v) is 8.69. The second kappa shape index (κ2) is 3.44. The average molecular weight is 218 g/mol. The van der Waals surface area contributed by atoms with E-state index in [1.54, 1.807) is 19.2 Å². The van der Waals surface area contributed by atoms with Crippen molar-refractivity contribution in [2.75, 3.05) is 11.9 Å². The zero-order valence-electron chi connectivity index (χ0n) is 8.69. The van der Waals surface area contributed by atoms with Gasteiger partial charge in [-0.2, -0.15) is 0 Å². The molecule has 16 heavy (non-hydrogen) atoms. The molecular weight excluding hydrogens is 208 g/mol. The number of Topliss-reactive ketones (excluding diaryl/α,β-unsaturated/α-hetero) is 1. The van der Waals surface area contributed by atoms with Crippen molar-refractivity contribution in [3.63, 3.8) is 0 Å². The molecule has 2 N–H and O–H groups in total. The number of hydrogen-bond donors (Lipinski definition) is 1. The molecule has 0 unspecified atom stereocenters. The maximum atomic E-state index is 11.4. The number of nitrogens with two attached hydrogens (primary N) is 1. The van der Waals surface area contributed by atoms with Crippen LogP contribution in [0.5, 0.6) is 0 Å². The lowest BCUT2D eigenvalue weighted by molar-refractivity contribution is -0.117. The Labute approximate surface area is 91.8 Å². The number of amides is 2. The second-order valence-electron chi connectivity index (χ2n) is 3.67. The van der Waals surface area contributed by atoms with Crippen LogP contribution in [0.3, 0.4) is 0 Å². The van der Waals surface area contributed by atoms with Gasteiger partial charge in [-0.15, -0.1) is 0 Å². The summed E-state index contributed by atoms with van der Waals surface area (Å²) < 4.78 is 0. The molecule has 0 saturated carbocycles. The number of carbonyl (C=O) groups excluding carboxylic acids is 3. The summed E-state index contributed by atoms with van der Waals surface area (Å²) in [6, 6.07) is 4.70. The molecule has 1 heterocycles. The predicted octanol–water partition coefficient (Wildman–Crippen LogP) is -0.126. The fourth-order valence-electron chi connectivity index (χ4n) is 1.75. The van der Waals surface area contributed by atoms with E-state index in [0.717, 1.165) is 11.3 Å². The number of benzene rings is 1. The van der Waals surface area contributed by atoms with Crippen LogP contribution in [-0.4, -0.2) is 24.6 Å². The molecule has 0 fully saturated rings. The van der Waals surface area contributed by atoms with Crippen molar-refractivity contribution in [2.45, 2.75) is 6.42 Å². The standard InChI is InChI=1S/C11H10N2O3/c1-13-8-3-2-6(10(15)11(12)16)4-7(8)5-9(13)14/h2-4H,5H2,1H3,(H2,12,16). The van der Waals surface area contributed by atoms with E-state index < -0.39 is 11.7 Å². The molecule has 0 atom stereocenters. The molecule has 0 bridgehead atoms. The molecule has 0 radical (unpaired) electrons. The fraction of sp³-hybridized carbons (Fsp3) is 0.182. The number of rotatable bonds is 2. The minimum atomic E-state index is -0.988. The summed E-state index contributed by atoms with van der Waals surface area (Å²) >= 11 is 0. The Hall–Kier alpha value is -2.17. The smallest absolute Gasteiger partial charge is 0.289 e. The van der Waals surface area contributed by atoms with E-state index in [-0.39, 0.29) is 17.9 Å². The first kappa shape index (κ1) is 10.4. The maximum absolute atomic E-state index is 11.4. The van der Waals surface area contributed by atoms with Crippen molar-refractivity contribution in [1.29, 1.82) is 0 Å². The molecule has 2 amide bonds. The summed E-state index contributed by atoms with van der Waals surface area (Å²) in [6.45, 7) is 0. The topological polar surface area (TPSA) is 80.5 Å². The van der Waals surface area contributed by atoms with Crippen LogP contribution in [0, 0.1) is 0 Å². The van der Waals surface area contributed by atoms with Crippen LogP contribution in [0.15, 0.2) is 18.2 Å². The monoisotopic (exact) mass is 218 g/mol. The van der Waals surface area contributed by atoms with Gasteiger partial charge in [0.2, 0.25) is 11.7 Å². The van der Waals surface area contributed by atoms with E-state index in [9.17, 15) is 14.4 Å². The fourth-order valence-corrected chi connectivity index (χ4v) is 1.75. The van der Waals surface area contributed by atoms with Crippen LogP contribution in [0.4, 0.5) is 5.69 Å². The molecular formula is C11H10N2O3. The Bertz CT molecular complexity index is 508. The van der Waals surface area contributed by atoms with Gasteiger partial charge in [-0.1, -0.05) is 0 Å². The molecule has 1 aliphatic rings. The average Bonchev–Trinajstić information content (AvgIpc) is 2.53. The third-order valence-corrected chi connectivity index (χ3v) is 2.64. The third kappa shape index (κ3) is 1.46. The summed E-state index contributed by atoms with van der Waals surface area (Å²) in [5.41, 5.74) is 6.65. The number of primary amides is 1. The van der Waals surface area contributed by atoms with Crippen molar-refractivity contribution in [2.24, 2.45) is 5.73 Å². The highest BCUT2D eigenvalue weighted by Gasteiger charge is 2.25. The molecule has 0 saturated heterocycles. The van der Waals surface area contributed by atoms with Gasteiger partial charge in [-0.3, -0.25) is 14.4 Å². The summed E-state index contributed by atoms with van der Waals surface area (Å²) in [7, 11) is 1.67. The van der Waals surface area contributed by atoms with Gasteiger partial charge >= 0.3 is 0 Å². The van der Waals surface area contributed by atoms with Crippen molar-refractivity contribution >= 4 is 23.3 Å². The van der Waals surface area contributed by atoms with Crippen molar-refractivity contribution in [3.05, 3.63) is 29.3 Å². The largest absolute Gasteiger partial charge is 0.363 e. The highest BCUT2D eigenvalue weighted by Crippen LogP contribution is 2.28. The van der Waals surface area contributed by atoms with Gasteiger partial charge in [-0.05, 0) is 23.8 Å². The Morgan fingerprint density at radius 1 is 1.38 bits per heavy atom. The van der Waals surface area contributed by atoms with Crippen molar-refractivity contribution in [1.82, 2.24) is 0 Å². The van der Waals surface area contributed by atoms with Crippen LogP contribution in [-0.2, 0) is 16.0 Å². The van der Waals surface area contributed by atoms with Gasteiger partial charge in [0.15, 0.2) is 0 Å². The lowest BCUT2D eigenvalue weighted by atomic mass is 10.0. The van der Waals surface area contributed by atoms with Crippen LogP contribution in [0.1, 0.15) is 15.9 Å². The molecule has 1 aromatic rings. The molecule has 0 aromatic heterocycles. The lowest BCUT2D eigenvalue weighted by Crippen LogP contribution is -2.23. The number of likely N-dealkylation sites (N-methyl/N-ethyl adjacent to an activating group) is 1. The third-order valence-electron chi connectivity index (χ3n) is 2.64. The van der Waals surface area contributed by atoms with Gasteiger partial charge in [0.05, 0.1) is 6.42 Å². The zero-order chi connectivity index (χ0) is 11.9. The van der Waals surface area contributed by atoms with Gasteiger partial charge < -0.3 is 10.6 Å². The van der Waals surface area contributed by atoms with Crippen LogP contribution < -0.4 is 10.6 Å². The number of carbonyl (C=O) groups is 3. The van der Waals surface area contributed by atoms with Gasteiger partial charge in [-0.25, -0.2) is 0 Å². The molecule has 0 spiro atoms. The lowest BCUT2D eigenvalue weighted by Gasteiger charge is -2.09. The van der Waals surface area contributed by atoms with E-state index in [2.05, 4.69) is 0 Å². The number of nitrogens with zero attached hydrogens (tertiary/aromatic N) is 1. The predicted molar refractivity (Wildman–Crippen MR) is 57.1 cm³/mol. The Balaban J connectivity index is 2.43. The highest BCUT2D eigenvalue weighted by molar-refractivity contribution is 6.42. The summed E-state index contributed by atoms with van der Waals surface area (Å²) in [5.74, 6) is -1.75. The van der Waals surface area contributed by atoms with E-state index in [1.807, 2.05) is 0 Å². The first-order valence-electron chi connectivity index (χ1n) is 4.74. The van der Waals surface area contributed by atoms with E-state index >= 15 is 0 Å². The van der Waals surface area contributed by atoms with Gasteiger partial charge in [0, 0.05) is 18.3 Å². The van der Waals surface area contributed by atoms with Crippen molar-refractivity contribution in [3.8, 4) is 0 Å². The maximum Gasteiger partial charge on any atom is 0.289 e.